The van der Waals surface area contributed by atoms with Gasteiger partial charge in [-0.15, -0.1) is 11.3 Å². The van der Waals surface area contributed by atoms with Crippen LogP contribution in [0.15, 0.2) is 46.9 Å². The van der Waals surface area contributed by atoms with Crippen molar-refractivity contribution in [3.05, 3.63) is 46.8 Å². The lowest BCUT2D eigenvalue weighted by atomic mass is 10.1. The van der Waals surface area contributed by atoms with Crippen molar-refractivity contribution in [2.75, 3.05) is 19.6 Å². The van der Waals surface area contributed by atoms with Crippen molar-refractivity contribution >= 4 is 39.0 Å². The molecule has 0 aliphatic carbocycles. The van der Waals surface area contributed by atoms with Crippen LogP contribution in [0.2, 0.25) is 0 Å². The Hall–Kier alpha value is -2.63. The van der Waals surface area contributed by atoms with E-state index in [1.165, 1.54) is 23.6 Å². The quantitative estimate of drug-likeness (QED) is 0.695. The van der Waals surface area contributed by atoms with E-state index in [1.807, 2.05) is 5.38 Å². The summed E-state index contributed by atoms with van der Waals surface area (Å²) in [5, 5.41) is 4.48. The van der Waals surface area contributed by atoms with E-state index in [9.17, 15) is 22.8 Å². The van der Waals surface area contributed by atoms with Crippen molar-refractivity contribution in [1.29, 1.82) is 0 Å². The molecule has 0 radical (unpaired) electrons. The normalized spacial score (nSPS) is 22.5. The van der Waals surface area contributed by atoms with Crippen LogP contribution < -0.4 is 5.32 Å². The third kappa shape index (κ3) is 4.59. The molecule has 2 amide bonds. The van der Waals surface area contributed by atoms with Gasteiger partial charge in [0.05, 0.1) is 17.5 Å². The molecule has 1 N–H and O–H groups in total. The molecule has 2 aromatic rings. The third-order valence-corrected chi connectivity index (χ3v) is 8.35. The highest BCUT2D eigenvalue weighted by atomic mass is 32.2. The summed E-state index contributed by atoms with van der Waals surface area (Å²) in [6.07, 6.45) is 3.39. The molecule has 2 aliphatic rings. The van der Waals surface area contributed by atoms with Gasteiger partial charge in [-0.05, 0) is 49.3 Å². The van der Waals surface area contributed by atoms with Gasteiger partial charge in [0.1, 0.15) is 6.04 Å². The molecule has 2 aromatic heterocycles. The van der Waals surface area contributed by atoms with Crippen molar-refractivity contribution in [3.8, 4) is 0 Å². The highest BCUT2D eigenvalue weighted by Crippen LogP contribution is 2.23. The summed E-state index contributed by atoms with van der Waals surface area (Å²) < 4.78 is 26.8. The first-order valence-electron chi connectivity index (χ1n) is 10.5. The first kappa shape index (κ1) is 22.6. The van der Waals surface area contributed by atoms with Gasteiger partial charge in [0.15, 0.2) is 10.8 Å². The van der Waals surface area contributed by atoms with E-state index in [-0.39, 0.29) is 35.7 Å². The fraction of sp³-hybridized carbons (Fsp3) is 0.429. The Labute approximate surface area is 190 Å². The fourth-order valence-electron chi connectivity index (χ4n) is 4.08. The van der Waals surface area contributed by atoms with Gasteiger partial charge >= 0.3 is 0 Å². The van der Waals surface area contributed by atoms with Gasteiger partial charge in [0.25, 0.3) is 15.9 Å². The van der Waals surface area contributed by atoms with Crippen LogP contribution in [-0.4, -0.2) is 71.9 Å². The van der Waals surface area contributed by atoms with E-state index >= 15 is 0 Å². The first-order chi connectivity index (χ1) is 15.4. The molecule has 170 valence electrons. The zero-order valence-electron chi connectivity index (χ0n) is 17.3. The van der Waals surface area contributed by atoms with Crippen LogP contribution in [0.3, 0.4) is 0 Å². The van der Waals surface area contributed by atoms with Crippen LogP contribution in [0.1, 0.15) is 35.4 Å². The topological polar surface area (TPSA) is 117 Å². The van der Waals surface area contributed by atoms with Crippen molar-refractivity contribution in [2.24, 2.45) is 0 Å². The van der Waals surface area contributed by atoms with Crippen LogP contribution in [-0.2, 0) is 19.6 Å². The highest BCUT2D eigenvalue weighted by molar-refractivity contribution is 7.89. The molecule has 32 heavy (non-hydrogen) atoms. The summed E-state index contributed by atoms with van der Waals surface area (Å²) >= 11 is 1.33. The van der Waals surface area contributed by atoms with E-state index in [1.54, 1.807) is 29.2 Å². The number of Topliss-reactive ketones (excluding diaryl/α,β-unsaturated/α-hetero) is 1. The molecule has 0 aromatic carbocycles. The molecule has 2 atom stereocenters. The van der Waals surface area contributed by atoms with Gasteiger partial charge in [-0.2, -0.15) is 4.31 Å². The number of hydrogen-bond donors (Lipinski definition) is 1. The van der Waals surface area contributed by atoms with Crippen LogP contribution >= 0.6 is 11.3 Å². The Morgan fingerprint density at radius 2 is 1.91 bits per heavy atom. The lowest BCUT2D eigenvalue weighted by Gasteiger charge is -2.25. The molecule has 11 heteroatoms. The van der Waals surface area contributed by atoms with Gasteiger partial charge in [0.2, 0.25) is 5.91 Å². The zero-order chi connectivity index (χ0) is 22.7. The second kappa shape index (κ2) is 9.47. The smallest absolute Gasteiger partial charge is 0.264 e. The number of rotatable bonds is 5. The standard InChI is InChI=1S/C21H24N4O5S2/c26-17-14-24(32(29,30)19-9-1-2-10-22-19)11-3-6-15(17)23-20(27)16-7-4-12-25(16)21(28)18-8-5-13-31-18/h1-2,5,8-10,13,15-16H,3-4,6-7,11-12,14H2,(H,23,27)/t15?,16-/m0/s1. The number of sulfonamides is 1. The molecule has 0 spiro atoms. The zero-order valence-corrected chi connectivity index (χ0v) is 19.0. The summed E-state index contributed by atoms with van der Waals surface area (Å²) in [5.74, 6) is -0.922. The number of nitrogens with zero attached hydrogens (tertiary/aromatic N) is 3. The van der Waals surface area contributed by atoms with Gasteiger partial charge < -0.3 is 10.2 Å². The number of likely N-dealkylation sites (tertiary alicyclic amines) is 1. The number of carbonyl (C=O) groups is 3. The maximum Gasteiger partial charge on any atom is 0.264 e. The Morgan fingerprint density at radius 1 is 1.09 bits per heavy atom. The molecule has 0 saturated carbocycles. The number of pyridine rings is 1. The number of nitrogens with one attached hydrogen (secondary N) is 1. The molecule has 2 saturated heterocycles. The number of amides is 2. The Kier molecular flexibility index (Phi) is 6.68. The van der Waals surface area contributed by atoms with E-state index in [0.717, 1.165) is 4.31 Å². The van der Waals surface area contributed by atoms with Crippen LogP contribution in [0.5, 0.6) is 0 Å². The number of carbonyl (C=O) groups excluding carboxylic acids is 3. The van der Waals surface area contributed by atoms with Crippen LogP contribution in [0.4, 0.5) is 0 Å². The summed E-state index contributed by atoms with van der Waals surface area (Å²) in [4.78, 5) is 44.6. The van der Waals surface area contributed by atoms with Crippen molar-refractivity contribution in [3.63, 3.8) is 0 Å². The van der Waals surface area contributed by atoms with Crippen molar-refractivity contribution in [2.45, 2.75) is 42.8 Å². The molecular formula is C21H24N4O5S2. The summed E-state index contributed by atoms with van der Waals surface area (Å²) in [7, 11) is -3.89. The average Bonchev–Trinajstić information content (AvgIpc) is 3.47. The van der Waals surface area contributed by atoms with Crippen LogP contribution in [0, 0.1) is 0 Å². The van der Waals surface area contributed by atoms with Gasteiger partial charge in [-0.25, -0.2) is 13.4 Å². The maximum absolute atomic E-state index is 13.0. The highest BCUT2D eigenvalue weighted by Gasteiger charge is 2.38. The van der Waals surface area contributed by atoms with Gasteiger partial charge in [-0.3, -0.25) is 14.4 Å². The molecule has 0 bridgehead atoms. The van der Waals surface area contributed by atoms with E-state index < -0.39 is 22.1 Å². The predicted molar refractivity (Wildman–Crippen MR) is 118 cm³/mol. The maximum atomic E-state index is 13.0. The number of hydrogen-bond acceptors (Lipinski definition) is 7. The number of thiophene rings is 1. The third-order valence-electron chi connectivity index (χ3n) is 5.73. The lowest BCUT2D eigenvalue weighted by molar-refractivity contribution is -0.130. The summed E-state index contributed by atoms with van der Waals surface area (Å²) in [6.45, 7) is 0.333. The second-order valence-electron chi connectivity index (χ2n) is 7.81. The lowest BCUT2D eigenvalue weighted by Crippen LogP contribution is -2.51. The second-order valence-corrected chi connectivity index (χ2v) is 10.6. The predicted octanol–water partition coefficient (Wildman–Crippen LogP) is 1.29. The average molecular weight is 477 g/mol. The minimum absolute atomic E-state index is 0.107. The van der Waals surface area contributed by atoms with Crippen molar-refractivity contribution < 1.29 is 22.8 Å². The largest absolute Gasteiger partial charge is 0.344 e. The minimum atomic E-state index is -3.89. The van der Waals surface area contributed by atoms with Crippen molar-refractivity contribution in [1.82, 2.24) is 19.5 Å². The van der Waals surface area contributed by atoms with Crippen LogP contribution in [0.25, 0.3) is 0 Å². The first-order valence-corrected chi connectivity index (χ1v) is 12.8. The number of ketones is 1. The fourth-order valence-corrected chi connectivity index (χ4v) is 6.13. The van der Waals surface area contributed by atoms with E-state index in [0.29, 0.717) is 37.1 Å². The Morgan fingerprint density at radius 3 is 2.62 bits per heavy atom. The van der Waals surface area contributed by atoms with Gasteiger partial charge in [-0.1, -0.05) is 12.1 Å². The molecule has 2 aliphatic heterocycles. The molecular weight excluding hydrogens is 452 g/mol. The van der Waals surface area contributed by atoms with Gasteiger partial charge in [0, 0.05) is 19.3 Å². The molecule has 4 heterocycles. The summed E-state index contributed by atoms with van der Waals surface area (Å²) in [5.41, 5.74) is 0. The van der Waals surface area contributed by atoms with E-state index in [4.69, 9.17) is 0 Å². The minimum Gasteiger partial charge on any atom is -0.344 e. The molecule has 4 rings (SSSR count). The van der Waals surface area contributed by atoms with E-state index in [2.05, 4.69) is 10.3 Å². The molecule has 9 nitrogen and oxygen atoms in total. The SMILES string of the molecule is O=C1CN(S(=O)(=O)c2ccccn2)CCCC1NC(=O)[C@@H]1CCCN1C(=O)c1cccs1. The Bertz CT molecular complexity index is 1090. The Balaban J connectivity index is 1.42. The molecule has 1 unspecified atom stereocenters. The monoisotopic (exact) mass is 476 g/mol. The number of aromatic nitrogens is 1. The summed E-state index contributed by atoms with van der Waals surface area (Å²) in [6, 6.07) is 6.69. The molecule has 2 fully saturated rings.